The number of benzene rings is 1. The highest BCUT2D eigenvalue weighted by Gasteiger charge is 2.31. The van der Waals surface area contributed by atoms with Crippen molar-refractivity contribution in [2.24, 2.45) is 0 Å². The van der Waals surface area contributed by atoms with Gasteiger partial charge < -0.3 is 5.11 Å². The Labute approximate surface area is 92.3 Å². The molecule has 1 N–H and O–H groups in total. The van der Waals surface area contributed by atoms with Gasteiger partial charge in [0.1, 0.15) is 16.1 Å². The largest absolute Gasteiger partial charge is 0.506 e. The van der Waals surface area contributed by atoms with E-state index >= 15 is 0 Å². The molecule has 0 aliphatic heterocycles. The number of Topliss-reactive ketones (excluding diaryl/α,β-unsaturated/α-hetero) is 2. The summed E-state index contributed by atoms with van der Waals surface area (Å²) in [6.45, 7) is 0. The highest BCUT2D eigenvalue weighted by atomic mass is 79.9. The molecule has 0 unspecified atom stereocenters. The second-order valence-corrected chi connectivity index (χ2v) is 3.80. The van der Waals surface area contributed by atoms with Gasteiger partial charge in [-0.3, -0.25) is 9.59 Å². The van der Waals surface area contributed by atoms with E-state index in [4.69, 9.17) is 0 Å². The second-order valence-electron chi connectivity index (χ2n) is 3.01. The third kappa shape index (κ3) is 1.39. The molecule has 0 amide bonds. The van der Waals surface area contributed by atoms with Crippen molar-refractivity contribution >= 4 is 33.3 Å². The van der Waals surface area contributed by atoms with Crippen molar-refractivity contribution in [3.05, 3.63) is 39.6 Å². The number of carbonyl (C=O) groups is 2. The SMILES string of the molecule is O=C1C(=O)c2cc(F)ccc2C(O)=C1Br. The number of halogens is 2. The number of carbonyl (C=O) groups excluding carboxylic acids is 2. The van der Waals surface area contributed by atoms with Crippen LogP contribution in [0.4, 0.5) is 4.39 Å². The monoisotopic (exact) mass is 270 g/mol. The van der Waals surface area contributed by atoms with Gasteiger partial charge in [0, 0.05) is 11.1 Å². The van der Waals surface area contributed by atoms with Crippen LogP contribution in [-0.2, 0) is 4.79 Å². The average molecular weight is 271 g/mol. The third-order valence-corrected chi connectivity index (χ3v) is 2.83. The normalized spacial score (nSPS) is 15.6. The van der Waals surface area contributed by atoms with Crippen LogP contribution in [0.2, 0.25) is 0 Å². The van der Waals surface area contributed by atoms with E-state index in [2.05, 4.69) is 15.9 Å². The maximum absolute atomic E-state index is 12.8. The van der Waals surface area contributed by atoms with E-state index in [9.17, 15) is 19.1 Å². The summed E-state index contributed by atoms with van der Waals surface area (Å²) in [7, 11) is 0. The Balaban J connectivity index is 2.78. The summed E-state index contributed by atoms with van der Waals surface area (Å²) in [5, 5.41) is 9.55. The first-order chi connectivity index (χ1) is 7.02. The molecule has 0 saturated heterocycles. The predicted molar refractivity (Wildman–Crippen MR) is 54.2 cm³/mol. The Morgan fingerprint density at radius 1 is 1.13 bits per heavy atom. The van der Waals surface area contributed by atoms with E-state index in [1.54, 1.807) is 0 Å². The number of fused-ring (bicyclic) bond motifs is 1. The molecule has 0 radical (unpaired) electrons. The topological polar surface area (TPSA) is 54.4 Å². The number of aliphatic hydroxyl groups excluding tert-OH is 1. The molecule has 0 fully saturated rings. The van der Waals surface area contributed by atoms with Crippen LogP contribution in [0, 0.1) is 5.82 Å². The van der Waals surface area contributed by atoms with Gasteiger partial charge >= 0.3 is 0 Å². The molecular formula is C10H4BrFO3. The van der Waals surface area contributed by atoms with Crippen molar-refractivity contribution in [2.45, 2.75) is 0 Å². The van der Waals surface area contributed by atoms with Crippen molar-refractivity contribution < 1.29 is 19.1 Å². The Morgan fingerprint density at radius 2 is 1.80 bits per heavy atom. The number of ketones is 2. The molecule has 5 heteroatoms. The standard InChI is InChI=1S/C10H4BrFO3/c11-7-8(13)5-2-1-4(12)3-6(5)9(14)10(7)15/h1-3,13H. The minimum Gasteiger partial charge on any atom is -0.506 e. The number of aliphatic hydroxyl groups is 1. The first-order valence-electron chi connectivity index (χ1n) is 4.00. The first-order valence-corrected chi connectivity index (χ1v) is 4.79. The van der Waals surface area contributed by atoms with Gasteiger partial charge in [0.2, 0.25) is 11.6 Å². The molecule has 0 bridgehead atoms. The summed E-state index contributed by atoms with van der Waals surface area (Å²) in [6.07, 6.45) is 0. The minimum absolute atomic E-state index is 0.110. The molecule has 1 aromatic carbocycles. The molecular weight excluding hydrogens is 267 g/mol. The molecule has 1 aliphatic carbocycles. The van der Waals surface area contributed by atoms with Crippen LogP contribution in [-0.4, -0.2) is 16.7 Å². The third-order valence-electron chi connectivity index (χ3n) is 2.09. The summed E-state index contributed by atoms with van der Waals surface area (Å²) < 4.78 is 12.7. The maximum Gasteiger partial charge on any atom is 0.244 e. The number of hydrogen-bond donors (Lipinski definition) is 1. The summed E-state index contributed by atoms with van der Waals surface area (Å²) in [6, 6.07) is 3.30. The van der Waals surface area contributed by atoms with Crippen molar-refractivity contribution in [3.63, 3.8) is 0 Å². The quantitative estimate of drug-likeness (QED) is 0.736. The minimum atomic E-state index is -0.870. The van der Waals surface area contributed by atoms with Crippen LogP contribution in [0.5, 0.6) is 0 Å². The lowest BCUT2D eigenvalue weighted by Gasteiger charge is -2.13. The summed E-state index contributed by atoms with van der Waals surface area (Å²) in [5.74, 6) is -2.66. The van der Waals surface area contributed by atoms with Crippen molar-refractivity contribution in [1.29, 1.82) is 0 Å². The van der Waals surface area contributed by atoms with Crippen LogP contribution in [0.1, 0.15) is 15.9 Å². The van der Waals surface area contributed by atoms with Crippen LogP contribution < -0.4 is 0 Å². The second kappa shape index (κ2) is 3.27. The van der Waals surface area contributed by atoms with Crippen LogP contribution >= 0.6 is 15.9 Å². The van der Waals surface area contributed by atoms with Gasteiger partial charge in [-0.2, -0.15) is 0 Å². The summed E-state index contributed by atoms with van der Waals surface area (Å²) >= 11 is 2.81. The van der Waals surface area contributed by atoms with Crippen LogP contribution in [0.25, 0.3) is 5.76 Å². The molecule has 1 aliphatic rings. The zero-order chi connectivity index (χ0) is 11.2. The smallest absolute Gasteiger partial charge is 0.244 e. The summed E-state index contributed by atoms with van der Waals surface area (Å²) in [5.41, 5.74) is 0.0496. The van der Waals surface area contributed by atoms with E-state index in [0.29, 0.717) is 0 Å². The Kier molecular flexibility index (Phi) is 2.19. The van der Waals surface area contributed by atoms with Gasteiger partial charge in [0.05, 0.1) is 0 Å². The van der Waals surface area contributed by atoms with Gasteiger partial charge in [0.25, 0.3) is 0 Å². The number of rotatable bonds is 0. The van der Waals surface area contributed by atoms with Gasteiger partial charge in [0.15, 0.2) is 0 Å². The molecule has 3 nitrogen and oxygen atoms in total. The molecule has 0 saturated carbocycles. The van der Waals surface area contributed by atoms with E-state index in [1.807, 2.05) is 0 Å². The summed E-state index contributed by atoms with van der Waals surface area (Å²) in [4.78, 5) is 22.7. The number of allylic oxidation sites excluding steroid dienone is 1. The van der Waals surface area contributed by atoms with Gasteiger partial charge in [-0.1, -0.05) is 0 Å². The maximum atomic E-state index is 12.8. The van der Waals surface area contributed by atoms with Gasteiger partial charge in [-0.15, -0.1) is 0 Å². The van der Waals surface area contributed by atoms with Gasteiger partial charge in [-0.05, 0) is 34.1 Å². The number of hydrogen-bond acceptors (Lipinski definition) is 3. The first kappa shape index (κ1) is 10.0. The van der Waals surface area contributed by atoms with Crippen molar-refractivity contribution in [3.8, 4) is 0 Å². The Morgan fingerprint density at radius 3 is 2.47 bits per heavy atom. The predicted octanol–water partition coefficient (Wildman–Crippen LogP) is 2.21. The zero-order valence-electron chi connectivity index (χ0n) is 7.25. The van der Waals surface area contributed by atoms with Crippen molar-refractivity contribution in [1.82, 2.24) is 0 Å². The lowest BCUT2D eigenvalue weighted by molar-refractivity contribution is -0.111. The van der Waals surface area contributed by atoms with Gasteiger partial charge in [-0.25, -0.2) is 4.39 Å². The highest BCUT2D eigenvalue weighted by molar-refractivity contribution is 9.12. The van der Waals surface area contributed by atoms with E-state index in [0.717, 1.165) is 12.1 Å². The molecule has 0 heterocycles. The average Bonchev–Trinajstić information content (AvgIpc) is 2.23. The molecule has 0 aromatic heterocycles. The molecule has 15 heavy (non-hydrogen) atoms. The molecule has 0 spiro atoms. The fraction of sp³-hybridized carbons (Fsp3) is 0. The highest BCUT2D eigenvalue weighted by Crippen LogP contribution is 2.30. The zero-order valence-corrected chi connectivity index (χ0v) is 8.84. The Hall–Kier alpha value is -1.49. The van der Waals surface area contributed by atoms with E-state index in [-0.39, 0.29) is 21.4 Å². The molecule has 0 atom stereocenters. The van der Waals surface area contributed by atoms with E-state index in [1.165, 1.54) is 6.07 Å². The van der Waals surface area contributed by atoms with Crippen LogP contribution in [0.3, 0.4) is 0 Å². The van der Waals surface area contributed by atoms with Crippen molar-refractivity contribution in [2.75, 3.05) is 0 Å². The van der Waals surface area contributed by atoms with E-state index < -0.39 is 17.4 Å². The Bertz CT molecular complexity index is 519. The molecule has 1 aromatic rings. The fourth-order valence-electron chi connectivity index (χ4n) is 1.36. The fourth-order valence-corrected chi connectivity index (χ4v) is 1.75. The van der Waals surface area contributed by atoms with Crippen LogP contribution in [0.15, 0.2) is 22.7 Å². The lowest BCUT2D eigenvalue weighted by Crippen LogP contribution is -2.21. The molecule has 2 rings (SSSR count). The lowest BCUT2D eigenvalue weighted by atomic mass is 9.94. The molecule has 76 valence electrons.